The van der Waals surface area contributed by atoms with E-state index < -0.39 is 0 Å². The van der Waals surface area contributed by atoms with E-state index in [2.05, 4.69) is 12.2 Å². The van der Waals surface area contributed by atoms with Crippen molar-refractivity contribution >= 4 is 23.2 Å². The molecule has 1 unspecified atom stereocenters. The molecular weight excluding hydrogens is 265 g/mol. The zero-order valence-electron chi connectivity index (χ0n) is 10.9. The van der Waals surface area contributed by atoms with Gasteiger partial charge in [0.2, 0.25) is 0 Å². The third-order valence-corrected chi connectivity index (χ3v) is 4.19. The van der Waals surface area contributed by atoms with E-state index in [1.54, 1.807) is 0 Å². The summed E-state index contributed by atoms with van der Waals surface area (Å²) in [5.41, 5.74) is 1.16. The minimum atomic E-state index is 0.342. The van der Waals surface area contributed by atoms with Crippen LogP contribution in [-0.2, 0) is 0 Å². The van der Waals surface area contributed by atoms with Crippen LogP contribution < -0.4 is 5.32 Å². The van der Waals surface area contributed by atoms with Gasteiger partial charge in [0.05, 0.1) is 0 Å². The number of nitrogens with one attached hydrogen (secondary N) is 1. The van der Waals surface area contributed by atoms with E-state index in [-0.39, 0.29) is 0 Å². The monoisotopic (exact) mass is 285 g/mol. The molecule has 1 N–H and O–H groups in total. The smallest absolute Gasteiger partial charge is 0.0468 e. The molecule has 0 aromatic heterocycles. The third-order valence-electron chi connectivity index (χ3n) is 3.62. The van der Waals surface area contributed by atoms with Gasteiger partial charge in [-0.2, -0.15) is 0 Å². The molecule has 2 rings (SSSR count). The zero-order chi connectivity index (χ0) is 13.0. The normalized spacial score (nSPS) is 16.8. The first-order valence-electron chi connectivity index (χ1n) is 6.89. The van der Waals surface area contributed by atoms with E-state index in [0.29, 0.717) is 11.1 Å². The van der Waals surface area contributed by atoms with E-state index in [4.69, 9.17) is 23.2 Å². The van der Waals surface area contributed by atoms with E-state index in [1.807, 2.05) is 18.2 Å². The van der Waals surface area contributed by atoms with E-state index >= 15 is 0 Å². The topological polar surface area (TPSA) is 12.0 Å². The van der Waals surface area contributed by atoms with Gasteiger partial charge in [-0.05, 0) is 49.4 Å². The molecule has 1 saturated carbocycles. The molecule has 0 amide bonds. The Labute approximate surface area is 120 Å². The average Bonchev–Trinajstić information content (AvgIpc) is 3.15. The van der Waals surface area contributed by atoms with Gasteiger partial charge in [-0.3, -0.25) is 0 Å². The predicted octanol–water partition coefficient (Wildman–Crippen LogP) is 5.22. The number of halogens is 2. The van der Waals surface area contributed by atoms with Crippen molar-refractivity contribution in [1.82, 2.24) is 5.32 Å². The summed E-state index contributed by atoms with van der Waals surface area (Å²) in [7, 11) is 0. The Balaban J connectivity index is 1.85. The van der Waals surface area contributed by atoms with Gasteiger partial charge in [0.25, 0.3) is 0 Å². The van der Waals surface area contributed by atoms with Crippen molar-refractivity contribution in [3.63, 3.8) is 0 Å². The van der Waals surface area contributed by atoms with Crippen LogP contribution in [0.2, 0.25) is 10.0 Å². The fraction of sp³-hybridized carbons (Fsp3) is 0.600. The van der Waals surface area contributed by atoms with Crippen molar-refractivity contribution in [1.29, 1.82) is 0 Å². The van der Waals surface area contributed by atoms with Crippen molar-refractivity contribution in [3.8, 4) is 0 Å². The van der Waals surface area contributed by atoms with Gasteiger partial charge >= 0.3 is 0 Å². The van der Waals surface area contributed by atoms with Gasteiger partial charge in [-0.1, -0.05) is 49.0 Å². The Morgan fingerprint density at radius 2 is 2.11 bits per heavy atom. The maximum absolute atomic E-state index is 6.25. The van der Waals surface area contributed by atoms with Gasteiger partial charge < -0.3 is 5.32 Å². The molecule has 1 atom stereocenters. The summed E-state index contributed by atoms with van der Waals surface area (Å²) in [5, 5.41) is 5.07. The lowest BCUT2D eigenvalue weighted by atomic mass is 10.0. The van der Waals surface area contributed by atoms with Gasteiger partial charge in [0.15, 0.2) is 0 Å². The predicted molar refractivity (Wildman–Crippen MR) is 79.5 cm³/mol. The average molecular weight is 286 g/mol. The van der Waals surface area contributed by atoms with Gasteiger partial charge in [-0.15, -0.1) is 0 Å². The summed E-state index contributed by atoms with van der Waals surface area (Å²) in [6.45, 7) is 3.26. The highest BCUT2D eigenvalue weighted by Gasteiger charge is 2.20. The first-order valence-corrected chi connectivity index (χ1v) is 7.64. The SMILES string of the molecule is CCC(NCCCC1CC1)c1ccc(Cl)cc1Cl. The first-order chi connectivity index (χ1) is 8.70. The van der Waals surface area contributed by atoms with Crippen LogP contribution in [0.1, 0.15) is 50.6 Å². The lowest BCUT2D eigenvalue weighted by molar-refractivity contribution is 0.495. The fourth-order valence-corrected chi connectivity index (χ4v) is 2.87. The number of hydrogen-bond acceptors (Lipinski definition) is 1. The van der Waals surface area contributed by atoms with Crippen LogP contribution in [0.4, 0.5) is 0 Å². The quantitative estimate of drug-likeness (QED) is 0.677. The van der Waals surface area contributed by atoms with Crippen LogP contribution in [0.25, 0.3) is 0 Å². The Bertz CT molecular complexity index is 388. The van der Waals surface area contributed by atoms with Crippen LogP contribution in [0.15, 0.2) is 18.2 Å². The molecule has 1 aromatic carbocycles. The molecule has 0 radical (unpaired) electrons. The van der Waals surface area contributed by atoms with E-state index in [9.17, 15) is 0 Å². The highest BCUT2D eigenvalue weighted by atomic mass is 35.5. The van der Waals surface area contributed by atoms with Gasteiger partial charge in [0.1, 0.15) is 0 Å². The molecule has 0 spiro atoms. The molecule has 100 valence electrons. The highest BCUT2D eigenvalue weighted by Crippen LogP contribution is 2.33. The Morgan fingerprint density at radius 1 is 1.33 bits per heavy atom. The maximum atomic E-state index is 6.25. The molecule has 1 nitrogen and oxygen atoms in total. The molecule has 1 aromatic rings. The minimum absolute atomic E-state index is 0.342. The summed E-state index contributed by atoms with van der Waals surface area (Å²) in [6, 6.07) is 6.12. The summed E-state index contributed by atoms with van der Waals surface area (Å²) in [4.78, 5) is 0. The van der Waals surface area contributed by atoms with Crippen LogP contribution in [0, 0.1) is 5.92 Å². The summed E-state index contributed by atoms with van der Waals surface area (Å²) in [5.74, 6) is 1.02. The van der Waals surface area contributed by atoms with E-state index in [1.165, 1.54) is 25.7 Å². The van der Waals surface area contributed by atoms with Crippen molar-refractivity contribution in [3.05, 3.63) is 33.8 Å². The molecular formula is C15H21Cl2N. The lowest BCUT2D eigenvalue weighted by Crippen LogP contribution is -2.22. The largest absolute Gasteiger partial charge is 0.310 e. The van der Waals surface area contributed by atoms with E-state index in [0.717, 1.165) is 29.5 Å². The Hall–Kier alpha value is -0.240. The molecule has 0 saturated heterocycles. The van der Waals surface area contributed by atoms with Crippen molar-refractivity contribution in [2.24, 2.45) is 5.92 Å². The number of hydrogen-bond donors (Lipinski definition) is 1. The third kappa shape index (κ3) is 4.15. The molecule has 0 aliphatic heterocycles. The lowest BCUT2D eigenvalue weighted by Gasteiger charge is -2.19. The number of benzene rings is 1. The van der Waals surface area contributed by atoms with Crippen LogP contribution in [0.5, 0.6) is 0 Å². The molecule has 18 heavy (non-hydrogen) atoms. The second-order valence-electron chi connectivity index (χ2n) is 5.17. The summed E-state index contributed by atoms with van der Waals surface area (Å²) >= 11 is 12.2. The number of rotatable bonds is 7. The van der Waals surface area contributed by atoms with Crippen molar-refractivity contribution < 1.29 is 0 Å². The zero-order valence-corrected chi connectivity index (χ0v) is 12.4. The summed E-state index contributed by atoms with van der Waals surface area (Å²) < 4.78 is 0. The van der Waals surface area contributed by atoms with Crippen LogP contribution in [0.3, 0.4) is 0 Å². The highest BCUT2D eigenvalue weighted by molar-refractivity contribution is 6.35. The van der Waals surface area contributed by atoms with Gasteiger partial charge in [-0.25, -0.2) is 0 Å². The fourth-order valence-electron chi connectivity index (χ4n) is 2.33. The second kappa shape index (κ2) is 6.79. The Kier molecular flexibility index (Phi) is 5.35. The van der Waals surface area contributed by atoms with Crippen molar-refractivity contribution in [2.75, 3.05) is 6.54 Å². The molecule has 3 heteroatoms. The van der Waals surface area contributed by atoms with Crippen LogP contribution in [-0.4, -0.2) is 6.54 Å². The molecule has 1 fully saturated rings. The molecule has 0 bridgehead atoms. The maximum Gasteiger partial charge on any atom is 0.0468 e. The van der Waals surface area contributed by atoms with Crippen molar-refractivity contribution in [2.45, 2.75) is 45.1 Å². The second-order valence-corrected chi connectivity index (χ2v) is 6.01. The standard InChI is InChI=1S/C15H21Cl2N/c1-2-15(18-9-3-4-11-5-6-11)13-8-7-12(16)10-14(13)17/h7-8,10-11,15,18H,2-6,9H2,1H3. The molecule has 1 aliphatic rings. The molecule has 0 heterocycles. The molecule has 1 aliphatic carbocycles. The Morgan fingerprint density at radius 3 is 2.72 bits per heavy atom. The van der Waals surface area contributed by atoms with Crippen LogP contribution >= 0.6 is 23.2 Å². The minimum Gasteiger partial charge on any atom is -0.310 e. The first kappa shape index (κ1) is 14.2. The summed E-state index contributed by atoms with van der Waals surface area (Å²) in [6.07, 6.45) is 6.58. The van der Waals surface area contributed by atoms with Gasteiger partial charge in [0, 0.05) is 16.1 Å².